The highest BCUT2D eigenvalue weighted by molar-refractivity contribution is 5.74. The number of piperidine rings is 1. The van der Waals surface area contributed by atoms with Gasteiger partial charge in [-0.3, -0.25) is 9.88 Å². The molecule has 2 heterocycles. The first-order valence-electron chi connectivity index (χ1n) is 7.07. The first-order valence-corrected chi connectivity index (χ1v) is 7.07. The van der Waals surface area contributed by atoms with E-state index in [-0.39, 0.29) is 18.6 Å². The summed E-state index contributed by atoms with van der Waals surface area (Å²) >= 11 is 0. The first kappa shape index (κ1) is 15.6. The van der Waals surface area contributed by atoms with E-state index in [0.717, 1.165) is 5.56 Å². The van der Waals surface area contributed by atoms with E-state index in [2.05, 4.69) is 15.6 Å². The zero-order chi connectivity index (χ0) is 15.1. The van der Waals surface area contributed by atoms with Crippen molar-refractivity contribution in [3.8, 4) is 0 Å². The van der Waals surface area contributed by atoms with Gasteiger partial charge in [0.15, 0.2) is 0 Å². The van der Waals surface area contributed by atoms with Crippen LogP contribution in [0.25, 0.3) is 0 Å². The summed E-state index contributed by atoms with van der Waals surface area (Å²) < 4.78 is 24.5. The van der Waals surface area contributed by atoms with E-state index in [1.165, 1.54) is 0 Å². The lowest BCUT2D eigenvalue weighted by Gasteiger charge is -2.32. The topological polar surface area (TPSA) is 57.3 Å². The van der Waals surface area contributed by atoms with Crippen LogP contribution in [0.3, 0.4) is 0 Å². The fraction of sp³-hybridized carbons (Fsp3) is 0.571. The van der Waals surface area contributed by atoms with Crippen LogP contribution in [-0.2, 0) is 6.54 Å². The van der Waals surface area contributed by atoms with Crippen LogP contribution in [0.4, 0.5) is 13.6 Å². The van der Waals surface area contributed by atoms with Crippen molar-refractivity contribution in [3.05, 3.63) is 30.1 Å². The van der Waals surface area contributed by atoms with Gasteiger partial charge in [-0.25, -0.2) is 13.6 Å². The molecule has 0 unspecified atom stereocenters. The normalized spacial score (nSPS) is 16.9. The molecule has 0 bridgehead atoms. The molecule has 1 aliphatic rings. The van der Waals surface area contributed by atoms with Crippen LogP contribution >= 0.6 is 0 Å². The van der Waals surface area contributed by atoms with E-state index in [1.54, 1.807) is 17.3 Å². The van der Waals surface area contributed by atoms with Gasteiger partial charge in [0.2, 0.25) is 0 Å². The van der Waals surface area contributed by atoms with Crippen LogP contribution in [0.2, 0.25) is 0 Å². The first-order chi connectivity index (χ1) is 10.1. The number of nitrogens with zero attached hydrogens (tertiary/aromatic N) is 2. The van der Waals surface area contributed by atoms with Gasteiger partial charge in [0, 0.05) is 38.1 Å². The maximum atomic E-state index is 12.3. The lowest BCUT2D eigenvalue weighted by atomic mass is 10.1. The van der Waals surface area contributed by atoms with E-state index in [4.69, 9.17) is 0 Å². The number of pyridine rings is 1. The number of rotatable bonds is 5. The molecule has 0 aromatic carbocycles. The average Bonchev–Trinajstić information content (AvgIpc) is 2.48. The maximum absolute atomic E-state index is 12.3. The second-order valence-corrected chi connectivity index (χ2v) is 5.15. The van der Waals surface area contributed by atoms with E-state index in [1.807, 2.05) is 12.1 Å². The highest BCUT2D eigenvalue weighted by Crippen LogP contribution is 2.11. The number of likely N-dealkylation sites (tertiary alicyclic amines) is 1. The number of hydrogen-bond acceptors (Lipinski definition) is 3. The summed E-state index contributed by atoms with van der Waals surface area (Å²) in [6.45, 7) is 1.46. The van der Waals surface area contributed by atoms with Crippen molar-refractivity contribution in [1.29, 1.82) is 0 Å². The molecule has 1 fully saturated rings. The van der Waals surface area contributed by atoms with Crippen molar-refractivity contribution >= 4 is 6.03 Å². The number of urea groups is 1. The fourth-order valence-electron chi connectivity index (χ4n) is 2.37. The second-order valence-electron chi connectivity index (χ2n) is 5.15. The number of carbonyl (C=O) groups excluding carboxylic acids is 1. The van der Waals surface area contributed by atoms with Crippen molar-refractivity contribution in [3.63, 3.8) is 0 Å². The van der Waals surface area contributed by atoms with Gasteiger partial charge in [0.05, 0.1) is 6.54 Å². The molecule has 1 saturated heterocycles. The van der Waals surface area contributed by atoms with Gasteiger partial charge in [0.25, 0.3) is 6.43 Å². The standard InChI is InChI=1S/C14H20F2N4O/c15-13(16)10-20-7-3-12(4-8-20)19-14(21)18-9-11-1-5-17-6-2-11/h1-2,5-6,12-13H,3-4,7-10H2,(H2,18,19,21). The average molecular weight is 298 g/mol. The summed E-state index contributed by atoms with van der Waals surface area (Å²) in [7, 11) is 0. The van der Waals surface area contributed by atoms with Crippen LogP contribution in [0, 0.1) is 0 Å². The van der Waals surface area contributed by atoms with Crippen molar-refractivity contribution in [2.24, 2.45) is 0 Å². The molecule has 1 aliphatic heterocycles. The number of nitrogens with one attached hydrogen (secondary N) is 2. The van der Waals surface area contributed by atoms with Crippen LogP contribution in [0.1, 0.15) is 18.4 Å². The van der Waals surface area contributed by atoms with Crippen LogP contribution < -0.4 is 10.6 Å². The summed E-state index contributed by atoms with van der Waals surface area (Å²) in [6, 6.07) is 3.50. The predicted molar refractivity (Wildman–Crippen MR) is 75.1 cm³/mol. The number of aromatic nitrogens is 1. The molecule has 0 radical (unpaired) electrons. The molecule has 0 saturated carbocycles. The molecule has 1 aromatic heterocycles. The summed E-state index contributed by atoms with van der Waals surface area (Å²) in [5.74, 6) is 0. The Labute approximate surface area is 122 Å². The zero-order valence-corrected chi connectivity index (χ0v) is 11.8. The van der Waals surface area contributed by atoms with Crippen LogP contribution in [0.5, 0.6) is 0 Å². The SMILES string of the molecule is O=C(NCc1ccncc1)NC1CCN(CC(F)F)CC1. The summed E-state index contributed by atoms with van der Waals surface area (Å²) in [5.41, 5.74) is 0.979. The summed E-state index contributed by atoms with van der Waals surface area (Å²) in [6.07, 6.45) is 2.46. The monoisotopic (exact) mass is 298 g/mol. The summed E-state index contributed by atoms with van der Waals surface area (Å²) in [4.78, 5) is 17.4. The predicted octanol–water partition coefficient (Wildman–Crippen LogP) is 1.61. The van der Waals surface area contributed by atoms with Crippen molar-refractivity contribution < 1.29 is 13.6 Å². The summed E-state index contributed by atoms with van der Waals surface area (Å²) in [5, 5.41) is 5.66. The lowest BCUT2D eigenvalue weighted by molar-refractivity contribution is 0.0737. The molecule has 0 atom stereocenters. The van der Waals surface area contributed by atoms with Gasteiger partial charge < -0.3 is 10.6 Å². The van der Waals surface area contributed by atoms with Gasteiger partial charge in [0.1, 0.15) is 0 Å². The number of amides is 2. The van der Waals surface area contributed by atoms with Gasteiger partial charge in [-0.1, -0.05) is 0 Å². The highest BCUT2D eigenvalue weighted by Gasteiger charge is 2.22. The second kappa shape index (κ2) is 7.87. The Kier molecular flexibility index (Phi) is 5.86. The van der Waals surface area contributed by atoms with E-state index >= 15 is 0 Å². The third-order valence-corrected chi connectivity index (χ3v) is 3.52. The third kappa shape index (κ3) is 5.63. The Morgan fingerprint density at radius 2 is 2.00 bits per heavy atom. The minimum atomic E-state index is -2.29. The smallest absolute Gasteiger partial charge is 0.315 e. The van der Waals surface area contributed by atoms with Gasteiger partial charge in [-0.05, 0) is 30.5 Å². The lowest BCUT2D eigenvalue weighted by Crippen LogP contribution is -2.48. The van der Waals surface area contributed by atoms with Crippen molar-refractivity contribution in [1.82, 2.24) is 20.5 Å². The molecule has 116 valence electrons. The molecule has 2 N–H and O–H groups in total. The van der Waals surface area contributed by atoms with Gasteiger partial charge in [-0.15, -0.1) is 0 Å². The minimum absolute atomic E-state index is 0.0522. The fourth-order valence-corrected chi connectivity index (χ4v) is 2.37. The molecule has 7 heteroatoms. The number of halogens is 2. The third-order valence-electron chi connectivity index (χ3n) is 3.52. The Hall–Kier alpha value is -1.76. The molecule has 2 amide bonds. The molecular formula is C14H20F2N4O. The minimum Gasteiger partial charge on any atom is -0.335 e. The Bertz CT molecular complexity index is 436. The van der Waals surface area contributed by atoms with E-state index in [0.29, 0.717) is 32.5 Å². The molecular weight excluding hydrogens is 278 g/mol. The van der Waals surface area contributed by atoms with Crippen LogP contribution in [-0.4, -0.2) is 48.0 Å². The number of carbonyl (C=O) groups is 1. The quantitative estimate of drug-likeness (QED) is 0.868. The molecule has 0 aliphatic carbocycles. The molecule has 21 heavy (non-hydrogen) atoms. The van der Waals surface area contributed by atoms with E-state index < -0.39 is 6.43 Å². The number of alkyl halides is 2. The number of hydrogen-bond donors (Lipinski definition) is 2. The molecule has 0 spiro atoms. The maximum Gasteiger partial charge on any atom is 0.315 e. The molecule has 1 aromatic rings. The van der Waals surface area contributed by atoms with Crippen molar-refractivity contribution in [2.75, 3.05) is 19.6 Å². The van der Waals surface area contributed by atoms with Gasteiger partial charge in [-0.2, -0.15) is 0 Å². The zero-order valence-electron chi connectivity index (χ0n) is 11.8. The van der Waals surface area contributed by atoms with Crippen molar-refractivity contribution in [2.45, 2.75) is 31.9 Å². The van der Waals surface area contributed by atoms with E-state index in [9.17, 15) is 13.6 Å². The Balaban J connectivity index is 1.65. The van der Waals surface area contributed by atoms with Crippen LogP contribution in [0.15, 0.2) is 24.5 Å². The molecule has 2 rings (SSSR count). The van der Waals surface area contributed by atoms with Gasteiger partial charge >= 0.3 is 6.03 Å². The largest absolute Gasteiger partial charge is 0.335 e. The molecule has 5 nitrogen and oxygen atoms in total. The Morgan fingerprint density at radius 3 is 2.62 bits per heavy atom. The highest BCUT2D eigenvalue weighted by atomic mass is 19.3. The Morgan fingerprint density at radius 1 is 1.33 bits per heavy atom.